The predicted octanol–water partition coefficient (Wildman–Crippen LogP) is 4.88. The number of nitrogens with zero attached hydrogens (tertiary/aromatic N) is 3. The topological polar surface area (TPSA) is 71.3 Å². The molecule has 1 N–H and O–H groups in total. The van der Waals surface area contributed by atoms with Gasteiger partial charge in [-0.1, -0.05) is 37.8 Å². The van der Waals surface area contributed by atoms with Gasteiger partial charge in [0.2, 0.25) is 0 Å². The van der Waals surface area contributed by atoms with Gasteiger partial charge in [0.25, 0.3) is 5.91 Å². The molecule has 1 amide bonds. The zero-order valence-electron chi connectivity index (χ0n) is 17.3. The molecule has 0 saturated carbocycles. The van der Waals surface area contributed by atoms with Gasteiger partial charge in [-0.2, -0.15) is 0 Å². The van der Waals surface area contributed by atoms with E-state index in [-0.39, 0.29) is 5.91 Å². The Hall–Kier alpha value is -2.19. The van der Waals surface area contributed by atoms with Crippen molar-refractivity contribution in [1.29, 1.82) is 0 Å². The van der Waals surface area contributed by atoms with Crippen LogP contribution in [-0.4, -0.2) is 33.3 Å². The summed E-state index contributed by atoms with van der Waals surface area (Å²) in [5, 5.41) is 2.61. The number of furan rings is 1. The molecule has 8 heteroatoms. The first-order valence-corrected chi connectivity index (χ1v) is 11.6. The maximum absolute atomic E-state index is 11.8. The van der Waals surface area contributed by atoms with E-state index in [1.165, 1.54) is 37.4 Å². The summed E-state index contributed by atoms with van der Waals surface area (Å²) in [6, 6.07) is 3.69. The van der Waals surface area contributed by atoms with Crippen LogP contribution in [-0.2, 0) is 4.79 Å². The molecule has 2 aromatic rings. The number of hydrogen-bond acceptors (Lipinski definition) is 7. The minimum Gasteiger partial charge on any atom is -0.455 e. The molecule has 0 atom stereocenters. The van der Waals surface area contributed by atoms with Gasteiger partial charge < -0.3 is 14.6 Å². The van der Waals surface area contributed by atoms with E-state index >= 15 is 0 Å². The van der Waals surface area contributed by atoms with Gasteiger partial charge in [0.1, 0.15) is 21.6 Å². The van der Waals surface area contributed by atoms with E-state index < -0.39 is 0 Å². The van der Waals surface area contributed by atoms with Gasteiger partial charge in [0, 0.05) is 19.2 Å². The molecular weight excluding hydrogens is 416 g/mol. The van der Waals surface area contributed by atoms with Crippen molar-refractivity contribution in [2.24, 2.45) is 11.8 Å². The van der Waals surface area contributed by atoms with Crippen LogP contribution in [0.3, 0.4) is 0 Å². The number of carbonyl (C=O) groups excluding carboxylic acids is 1. The Bertz CT molecular complexity index is 960. The number of amides is 1. The average molecular weight is 443 g/mol. The standard InChI is InChI=1S/C22H26N4O2S2/c1-14(2)15-5-3-9-26(10-4-6-15)20-13-23-12-17(24-20)18-8-7-16(28-18)11-19-21(27)25-22(29)30-19/h7-8,11-15H,3-6,9-10H2,1-2H3,(H,25,27,29). The molecule has 2 aliphatic heterocycles. The summed E-state index contributed by atoms with van der Waals surface area (Å²) < 4.78 is 6.37. The van der Waals surface area contributed by atoms with Gasteiger partial charge in [-0.05, 0) is 49.7 Å². The van der Waals surface area contributed by atoms with Crippen LogP contribution in [0.4, 0.5) is 5.82 Å². The van der Waals surface area contributed by atoms with E-state index in [9.17, 15) is 4.79 Å². The van der Waals surface area contributed by atoms with Crippen LogP contribution in [0.1, 0.15) is 45.3 Å². The Morgan fingerprint density at radius 2 is 2.03 bits per heavy atom. The predicted molar refractivity (Wildman–Crippen MR) is 125 cm³/mol. The fourth-order valence-electron chi connectivity index (χ4n) is 3.99. The number of anilines is 1. The second kappa shape index (κ2) is 9.31. The van der Waals surface area contributed by atoms with Crippen LogP contribution < -0.4 is 10.2 Å². The Labute approximate surface area is 186 Å². The molecule has 0 radical (unpaired) electrons. The summed E-state index contributed by atoms with van der Waals surface area (Å²) in [6.07, 6.45) is 10.1. The molecule has 4 rings (SSSR count). The molecule has 0 aromatic carbocycles. The van der Waals surface area contributed by atoms with Crippen LogP contribution in [0.5, 0.6) is 0 Å². The summed E-state index contributed by atoms with van der Waals surface area (Å²) in [4.78, 5) is 23.9. The smallest absolute Gasteiger partial charge is 0.263 e. The summed E-state index contributed by atoms with van der Waals surface area (Å²) >= 11 is 6.26. The van der Waals surface area contributed by atoms with Gasteiger partial charge in [-0.3, -0.25) is 9.78 Å². The lowest BCUT2D eigenvalue weighted by molar-refractivity contribution is -0.115. The van der Waals surface area contributed by atoms with Gasteiger partial charge in [-0.15, -0.1) is 0 Å². The molecule has 0 spiro atoms. The number of thioether (sulfide) groups is 1. The quantitative estimate of drug-likeness (QED) is 0.534. The molecule has 2 fully saturated rings. The van der Waals surface area contributed by atoms with Crippen molar-refractivity contribution >= 4 is 46.1 Å². The highest BCUT2D eigenvalue weighted by atomic mass is 32.2. The number of nitrogens with one attached hydrogen (secondary N) is 1. The lowest BCUT2D eigenvalue weighted by atomic mass is 9.86. The number of thiocarbonyl (C=S) groups is 1. The zero-order valence-corrected chi connectivity index (χ0v) is 18.9. The van der Waals surface area contributed by atoms with E-state index in [0.717, 1.165) is 30.7 Å². The van der Waals surface area contributed by atoms with E-state index in [1.54, 1.807) is 12.3 Å². The molecule has 2 aliphatic rings. The largest absolute Gasteiger partial charge is 0.455 e. The van der Waals surface area contributed by atoms with Gasteiger partial charge in [0.05, 0.1) is 17.3 Å². The molecule has 2 aromatic heterocycles. The highest BCUT2D eigenvalue weighted by Crippen LogP contribution is 2.30. The number of carbonyl (C=O) groups is 1. The highest BCUT2D eigenvalue weighted by molar-refractivity contribution is 8.26. The lowest BCUT2D eigenvalue weighted by Crippen LogP contribution is -2.30. The van der Waals surface area contributed by atoms with E-state index in [1.807, 2.05) is 18.3 Å². The molecular formula is C22H26N4O2S2. The second-order valence-electron chi connectivity index (χ2n) is 8.09. The van der Waals surface area contributed by atoms with Gasteiger partial charge in [0.15, 0.2) is 5.76 Å². The highest BCUT2D eigenvalue weighted by Gasteiger charge is 2.23. The average Bonchev–Trinajstić information content (AvgIpc) is 3.28. The third-order valence-corrected chi connectivity index (χ3v) is 6.85. The Morgan fingerprint density at radius 3 is 2.70 bits per heavy atom. The summed E-state index contributed by atoms with van der Waals surface area (Å²) in [6.45, 7) is 6.67. The van der Waals surface area contributed by atoms with Crippen LogP contribution in [0.25, 0.3) is 17.5 Å². The number of rotatable bonds is 4. The summed E-state index contributed by atoms with van der Waals surface area (Å²) in [5.41, 5.74) is 0.693. The van der Waals surface area contributed by atoms with Gasteiger partial charge in [-0.25, -0.2) is 4.98 Å². The minimum absolute atomic E-state index is 0.193. The molecule has 0 bridgehead atoms. The first kappa shape index (κ1) is 21.1. The monoisotopic (exact) mass is 442 g/mol. The second-order valence-corrected chi connectivity index (χ2v) is 9.81. The molecule has 0 unspecified atom stereocenters. The first-order valence-electron chi connectivity index (χ1n) is 10.4. The van der Waals surface area contributed by atoms with Crippen molar-refractivity contribution in [3.05, 3.63) is 35.2 Å². The van der Waals surface area contributed by atoms with Crippen molar-refractivity contribution in [1.82, 2.24) is 15.3 Å². The van der Waals surface area contributed by atoms with Crippen molar-refractivity contribution < 1.29 is 9.21 Å². The van der Waals surface area contributed by atoms with Crippen molar-refractivity contribution in [3.8, 4) is 11.5 Å². The minimum atomic E-state index is -0.193. The Balaban J connectivity index is 1.48. The molecule has 158 valence electrons. The van der Waals surface area contributed by atoms with Crippen LogP contribution in [0.15, 0.2) is 33.8 Å². The normalized spacial score (nSPS) is 20.0. The molecule has 2 saturated heterocycles. The van der Waals surface area contributed by atoms with Crippen LogP contribution in [0.2, 0.25) is 0 Å². The molecule has 0 aliphatic carbocycles. The first-order chi connectivity index (χ1) is 14.5. The van der Waals surface area contributed by atoms with Crippen molar-refractivity contribution in [3.63, 3.8) is 0 Å². The third-order valence-electron chi connectivity index (χ3n) is 5.69. The van der Waals surface area contributed by atoms with E-state index in [2.05, 4.69) is 29.0 Å². The molecule has 6 nitrogen and oxygen atoms in total. The Kier molecular flexibility index (Phi) is 6.53. The third kappa shape index (κ3) is 4.92. The lowest BCUT2D eigenvalue weighted by Gasteiger charge is -2.30. The van der Waals surface area contributed by atoms with E-state index in [0.29, 0.717) is 26.4 Å². The fourth-order valence-corrected chi connectivity index (χ4v) is 5.01. The maximum Gasteiger partial charge on any atom is 0.263 e. The Morgan fingerprint density at radius 1 is 1.27 bits per heavy atom. The van der Waals surface area contributed by atoms with Crippen molar-refractivity contribution in [2.45, 2.75) is 39.5 Å². The fraction of sp³-hybridized carbons (Fsp3) is 0.455. The molecule has 4 heterocycles. The summed E-state index contributed by atoms with van der Waals surface area (Å²) in [7, 11) is 0. The molecule has 30 heavy (non-hydrogen) atoms. The number of aromatic nitrogens is 2. The van der Waals surface area contributed by atoms with Crippen LogP contribution in [0, 0.1) is 11.8 Å². The van der Waals surface area contributed by atoms with E-state index in [4.69, 9.17) is 21.6 Å². The summed E-state index contributed by atoms with van der Waals surface area (Å²) in [5.74, 6) is 3.51. The van der Waals surface area contributed by atoms with Gasteiger partial charge >= 0.3 is 0 Å². The van der Waals surface area contributed by atoms with Crippen LogP contribution >= 0.6 is 24.0 Å². The maximum atomic E-state index is 11.8. The zero-order chi connectivity index (χ0) is 21.1. The number of hydrogen-bond donors (Lipinski definition) is 1. The SMILES string of the molecule is CC(C)C1CCCN(c2cncc(-c3ccc(C=C4SC(=S)NC4=O)o3)n2)CCC1. The van der Waals surface area contributed by atoms with Crippen molar-refractivity contribution in [2.75, 3.05) is 18.0 Å².